The maximum absolute atomic E-state index is 12.8. The third-order valence-electron chi connectivity index (χ3n) is 5.01. The maximum Gasteiger partial charge on any atom is 0.252 e. The number of nitrogens with one attached hydrogen (secondary N) is 1. The third-order valence-corrected chi connectivity index (χ3v) is 7.56. The van der Waals surface area contributed by atoms with Gasteiger partial charge < -0.3 is 5.32 Å². The topological polar surface area (TPSA) is 94.0 Å². The van der Waals surface area contributed by atoms with Crippen LogP contribution in [0.5, 0.6) is 0 Å². The Hall–Kier alpha value is -3.04. The lowest BCUT2D eigenvalue weighted by Gasteiger charge is -2.09. The van der Waals surface area contributed by atoms with Gasteiger partial charge in [-0.1, -0.05) is 36.4 Å². The van der Waals surface area contributed by atoms with Crippen LogP contribution in [0, 0.1) is 6.92 Å². The molecule has 32 heavy (non-hydrogen) atoms. The molecule has 1 amide bonds. The summed E-state index contributed by atoms with van der Waals surface area (Å²) in [4.78, 5) is 18.6. The lowest BCUT2D eigenvalue weighted by Crippen LogP contribution is -2.26. The van der Waals surface area contributed by atoms with Crippen LogP contribution < -0.4 is 5.32 Å². The lowest BCUT2D eigenvalue weighted by molar-refractivity contribution is 0.0955. The van der Waals surface area contributed by atoms with Gasteiger partial charge in [0.15, 0.2) is 15.5 Å². The first-order valence-electron chi connectivity index (χ1n) is 10.3. The normalized spacial score (nSPS) is 11.7. The molecule has 0 saturated carbocycles. The molecule has 0 bridgehead atoms. The molecule has 1 N–H and O–H groups in total. The van der Waals surface area contributed by atoms with E-state index in [9.17, 15) is 13.2 Å². The van der Waals surface area contributed by atoms with E-state index in [0.29, 0.717) is 29.6 Å². The summed E-state index contributed by atoms with van der Waals surface area (Å²) < 4.78 is 26.5. The Morgan fingerprint density at radius 3 is 2.72 bits per heavy atom. The number of amides is 1. The van der Waals surface area contributed by atoms with Crippen LogP contribution in [-0.2, 0) is 22.1 Å². The van der Waals surface area contributed by atoms with Crippen molar-refractivity contribution in [1.29, 1.82) is 0 Å². The van der Waals surface area contributed by atoms with Crippen molar-refractivity contribution < 1.29 is 13.2 Å². The quantitative estimate of drug-likeness (QED) is 0.379. The molecule has 0 unspecified atom stereocenters. The maximum atomic E-state index is 12.8. The number of fused-ring (bicyclic) bond motifs is 1. The number of nitrogens with zero attached hydrogens (tertiary/aromatic N) is 3. The summed E-state index contributed by atoms with van der Waals surface area (Å²) in [5.41, 5.74) is 2.65. The molecular formula is C23H24N4O3S2. The first-order chi connectivity index (χ1) is 15.4. The van der Waals surface area contributed by atoms with Gasteiger partial charge in [0.05, 0.1) is 35.2 Å². The van der Waals surface area contributed by atoms with E-state index in [2.05, 4.69) is 15.4 Å². The second-order valence-corrected chi connectivity index (χ2v) is 10.8. The highest BCUT2D eigenvalue weighted by molar-refractivity contribution is 7.90. The number of benzene rings is 1. The smallest absolute Gasteiger partial charge is 0.252 e. The van der Waals surface area contributed by atoms with Crippen LogP contribution in [0.25, 0.3) is 11.0 Å². The molecule has 0 atom stereocenters. The van der Waals surface area contributed by atoms with Crippen molar-refractivity contribution in [3.8, 4) is 0 Å². The summed E-state index contributed by atoms with van der Waals surface area (Å²) in [6.07, 6.45) is 2.01. The molecule has 0 fully saturated rings. The minimum Gasteiger partial charge on any atom is -0.352 e. The molecule has 0 radical (unpaired) electrons. The van der Waals surface area contributed by atoms with Gasteiger partial charge in [-0.3, -0.25) is 4.79 Å². The Labute approximate surface area is 191 Å². The zero-order valence-electron chi connectivity index (χ0n) is 17.7. The largest absolute Gasteiger partial charge is 0.352 e. The minimum atomic E-state index is -3.23. The summed E-state index contributed by atoms with van der Waals surface area (Å²) in [6.45, 7) is 2.71. The molecule has 7 nitrogen and oxygen atoms in total. The van der Waals surface area contributed by atoms with E-state index >= 15 is 0 Å². The lowest BCUT2D eigenvalue weighted by atomic mass is 10.1. The molecule has 0 spiro atoms. The Balaban J connectivity index is 1.39. The van der Waals surface area contributed by atoms with Gasteiger partial charge in [0.1, 0.15) is 0 Å². The van der Waals surface area contributed by atoms with E-state index in [0.717, 1.165) is 16.1 Å². The number of carbonyl (C=O) groups excluding carboxylic acids is 1. The molecule has 1 aromatic carbocycles. The van der Waals surface area contributed by atoms with Crippen molar-refractivity contribution in [1.82, 2.24) is 20.1 Å². The van der Waals surface area contributed by atoms with Crippen molar-refractivity contribution in [2.45, 2.75) is 25.6 Å². The van der Waals surface area contributed by atoms with Gasteiger partial charge in [-0.25, -0.2) is 18.1 Å². The summed E-state index contributed by atoms with van der Waals surface area (Å²) in [5, 5.41) is 9.96. The molecule has 4 rings (SSSR count). The summed E-state index contributed by atoms with van der Waals surface area (Å²) in [5.74, 6) is -0.224. The summed E-state index contributed by atoms with van der Waals surface area (Å²) >= 11 is 1.64. The Morgan fingerprint density at radius 2 is 1.97 bits per heavy atom. The van der Waals surface area contributed by atoms with Crippen molar-refractivity contribution in [3.63, 3.8) is 0 Å². The van der Waals surface area contributed by atoms with Crippen LogP contribution in [0.15, 0.2) is 60.1 Å². The fourth-order valence-corrected chi connectivity index (χ4v) is 5.63. The second-order valence-electron chi connectivity index (χ2n) is 7.62. The van der Waals surface area contributed by atoms with Gasteiger partial charge in [-0.15, -0.1) is 11.3 Å². The van der Waals surface area contributed by atoms with Gasteiger partial charge in [0, 0.05) is 17.1 Å². The van der Waals surface area contributed by atoms with Crippen LogP contribution in [0.3, 0.4) is 0 Å². The monoisotopic (exact) mass is 468 g/mol. The Morgan fingerprint density at radius 1 is 1.16 bits per heavy atom. The number of aryl methyl sites for hydroxylation is 1. The summed E-state index contributed by atoms with van der Waals surface area (Å²) in [6, 6.07) is 14.9. The van der Waals surface area contributed by atoms with Crippen LogP contribution in [0.2, 0.25) is 0 Å². The molecule has 0 saturated heterocycles. The first kappa shape index (κ1) is 22.2. The van der Waals surface area contributed by atoms with Crippen LogP contribution in [0.1, 0.15) is 32.9 Å². The molecule has 3 heterocycles. The zero-order valence-corrected chi connectivity index (χ0v) is 19.3. The fourth-order valence-electron chi connectivity index (χ4n) is 3.52. The number of rotatable bonds is 9. The van der Waals surface area contributed by atoms with E-state index < -0.39 is 9.84 Å². The molecule has 3 aromatic heterocycles. The van der Waals surface area contributed by atoms with E-state index in [4.69, 9.17) is 0 Å². The van der Waals surface area contributed by atoms with Gasteiger partial charge in [0.25, 0.3) is 5.91 Å². The van der Waals surface area contributed by atoms with Gasteiger partial charge in [0.2, 0.25) is 0 Å². The van der Waals surface area contributed by atoms with Crippen LogP contribution in [0.4, 0.5) is 0 Å². The average Bonchev–Trinajstić information content (AvgIpc) is 3.41. The van der Waals surface area contributed by atoms with Crippen molar-refractivity contribution >= 4 is 38.1 Å². The molecule has 9 heteroatoms. The van der Waals surface area contributed by atoms with Gasteiger partial charge in [-0.05, 0) is 36.4 Å². The fraction of sp³-hybridized carbons (Fsp3) is 0.261. The number of pyridine rings is 1. The molecule has 0 aliphatic heterocycles. The van der Waals surface area contributed by atoms with E-state index in [1.165, 1.54) is 0 Å². The van der Waals surface area contributed by atoms with Gasteiger partial charge >= 0.3 is 0 Å². The second kappa shape index (κ2) is 9.62. The molecule has 0 aliphatic carbocycles. The van der Waals surface area contributed by atoms with Gasteiger partial charge in [-0.2, -0.15) is 5.10 Å². The first-order valence-corrected chi connectivity index (χ1v) is 13.0. The molecule has 166 valence electrons. The average molecular weight is 469 g/mol. The van der Waals surface area contributed by atoms with Crippen molar-refractivity contribution in [2.75, 3.05) is 12.3 Å². The predicted octanol–water partition coefficient (Wildman–Crippen LogP) is 3.58. The van der Waals surface area contributed by atoms with E-state index in [1.54, 1.807) is 40.4 Å². The number of hydrogen-bond donors (Lipinski definition) is 1. The number of thiophene rings is 1. The Kier molecular flexibility index (Phi) is 6.66. The molecule has 4 aromatic rings. The third kappa shape index (κ3) is 5.41. The highest BCUT2D eigenvalue weighted by Gasteiger charge is 2.17. The van der Waals surface area contributed by atoms with E-state index in [1.807, 2.05) is 42.6 Å². The number of hydrogen-bond acceptors (Lipinski definition) is 6. The van der Waals surface area contributed by atoms with Crippen LogP contribution in [-0.4, -0.2) is 41.4 Å². The number of aromatic nitrogens is 3. The predicted molar refractivity (Wildman–Crippen MR) is 127 cm³/mol. The number of sulfone groups is 1. The highest BCUT2D eigenvalue weighted by Crippen LogP contribution is 2.20. The van der Waals surface area contributed by atoms with E-state index in [-0.39, 0.29) is 24.0 Å². The minimum absolute atomic E-state index is 0.00931. The Bertz CT molecular complexity index is 1310. The number of carbonyl (C=O) groups is 1. The highest BCUT2D eigenvalue weighted by atomic mass is 32.2. The molecule has 0 aliphatic rings. The van der Waals surface area contributed by atoms with Crippen LogP contribution >= 0.6 is 11.3 Å². The SMILES string of the molecule is Cc1cc(C(=O)NCCCS(=O)(=O)Cc2ccccc2)c2cnn(Cc3cccs3)c2n1. The van der Waals surface area contributed by atoms with Crippen molar-refractivity contribution in [3.05, 3.63) is 81.8 Å². The molecular weight excluding hydrogens is 444 g/mol. The van der Waals surface area contributed by atoms with Crippen molar-refractivity contribution in [2.24, 2.45) is 0 Å². The summed E-state index contributed by atoms with van der Waals surface area (Å²) in [7, 11) is -3.23. The zero-order chi connectivity index (χ0) is 22.6. The standard InChI is InChI=1S/C23H24N4O3S2/c1-17-13-20(21-14-25-27(22(21)26-17)15-19-9-5-11-31-19)23(28)24-10-6-12-32(29,30)16-18-7-3-2-4-8-18/h2-5,7-9,11,13-14H,6,10,12,15-16H2,1H3,(H,24,28).